The lowest BCUT2D eigenvalue weighted by molar-refractivity contribution is 1.02. The van der Waals surface area contributed by atoms with Gasteiger partial charge in [0.05, 0.1) is 11.0 Å². The zero-order valence-corrected chi connectivity index (χ0v) is 17.2. The van der Waals surface area contributed by atoms with Crippen LogP contribution < -0.4 is 0 Å². The van der Waals surface area contributed by atoms with Gasteiger partial charge in [-0.15, -0.1) is 0 Å². The predicted molar refractivity (Wildman–Crippen MR) is 132 cm³/mol. The molecular weight excluding hydrogens is 376 g/mol. The number of aromatic nitrogens is 2. The molecule has 2 heterocycles. The number of hydrogen-bond acceptors (Lipinski definition) is 0. The highest BCUT2D eigenvalue weighted by Gasteiger charge is 2.17. The van der Waals surface area contributed by atoms with Crippen LogP contribution in [0.3, 0.4) is 0 Å². The zero-order valence-electron chi connectivity index (χ0n) is 17.2. The molecule has 0 saturated carbocycles. The van der Waals surface area contributed by atoms with E-state index in [-0.39, 0.29) is 0 Å². The van der Waals surface area contributed by atoms with Crippen molar-refractivity contribution in [2.45, 2.75) is 0 Å². The number of benzene rings is 5. The van der Waals surface area contributed by atoms with E-state index in [1.807, 2.05) is 0 Å². The summed E-state index contributed by atoms with van der Waals surface area (Å²) in [4.78, 5) is 0. The molecule has 7 aromatic rings. The number of nitrogens with zero attached hydrogens (tertiary/aromatic N) is 2. The van der Waals surface area contributed by atoms with Crippen LogP contribution in [0.1, 0.15) is 0 Å². The van der Waals surface area contributed by atoms with Crippen molar-refractivity contribution in [3.05, 3.63) is 103 Å². The summed E-state index contributed by atoms with van der Waals surface area (Å²) in [7, 11) is 2.18. The van der Waals surface area contributed by atoms with Crippen LogP contribution in [-0.2, 0) is 7.05 Å². The summed E-state index contributed by atoms with van der Waals surface area (Å²) < 4.78 is 4.74. The van der Waals surface area contributed by atoms with E-state index >= 15 is 0 Å². The maximum atomic E-state index is 2.40. The van der Waals surface area contributed by atoms with Crippen molar-refractivity contribution in [1.29, 1.82) is 0 Å². The fourth-order valence-corrected chi connectivity index (χ4v) is 5.29. The van der Waals surface area contributed by atoms with Crippen molar-refractivity contribution >= 4 is 54.4 Å². The van der Waals surface area contributed by atoms with Crippen LogP contribution in [0.2, 0.25) is 0 Å². The Hall–Kier alpha value is -4.04. The van der Waals surface area contributed by atoms with Gasteiger partial charge >= 0.3 is 0 Å². The number of aryl methyl sites for hydroxylation is 1. The lowest BCUT2D eigenvalue weighted by Gasteiger charge is -2.07. The minimum absolute atomic E-state index is 1.19. The lowest BCUT2D eigenvalue weighted by atomic mass is 10.0. The van der Waals surface area contributed by atoms with Crippen molar-refractivity contribution in [2.24, 2.45) is 7.05 Å². The van der Waals surface area contributed by atoms with E-state index in [1.165, 1.54) is 60.1 Å². The van der Waals surface area contributed by atoms with E-state index in [0.29, 0.717) is 0 Å². The van der Waals surface area contributed by atoms with Crippen LogP contribution in [0.5, 0.6) is 0 Å². The van der Waals surface area contributed by atoms with Gasteiger partial charge in [-0.3, -0.25) is 0 Å². The predicted octanol–water partition coefficient (Wildman–Crippen LogP) is 7.58. The van der Waals surface area contributed by atoms with Crippen molar-refractivity contribution in [1.82, 2.24) is 9.13 Å². The number of hydrogen-bond donors (Lipinski definition) is 0. The minimum atomic E-state index is 1.19. The molecule has 31 heavy (non-hydrogen) atoms. The minimum Gasteiger partial charge on any atom is -0.344 e. The monoisotopic (exact) mass is 396 g/mol. The number of para-hydroxylation sites is 2. The first kappa shape index (κ1) is 16.7. The Morgan fingerprint density at radius 2 is 1.19 bits per heavy atom. The van der Waals surface area contributed by atoms with Gasteiger partial charge in [-0.25, -0.2) is 0 Å². The number of fused-ring (bicyclic) bond motifs is 8. The highest BCUT2D eigenvalue weighted by Crippen LogP contribution is 2.39. The van der Waals surface area contributed by atoms with Gasteiger partial charge in [0.1, 0.15) is 0 Å². The fourth-order valence-electron chi connectivity index (χ4n) is 5.29. The van der Waals surface area contributed by atoms with Crippen LogP contribution in [-0.4, -0.2) is 9.13 Å². The van der Waals surface area contributed by atoms with Gasteiger partial charge in [0.25, 0.3) is 0 Å². The topological polar surface area (TPSA) is 9.86 Å². The zero-order chi connectivity index (χ0) is 20.5. The summed E-state index contributed by atoms with van der Waals surface area (Å²) in [5.74, 6) is 0. The SMILES string of the molecule is Cn1c2cc3c4ccccc4n(-c4ccccc4)c3cc2c2c3ccccc3ccc21. The molecule has 0 spiro atoms. The largest absolute Gasteiger partial charge is 0.344 e. The molecule has 0 N–H and O–H groups in total. The van der Waals surface area contributed by atoms with Crippen LogP contribution in [0, 0.1) is 0 Å². The summed E-state index contributed by atoms with van der Waals surface area (Å²) in [6.07, 6.45) is 0. The van der Waals surface area contributed by atoms with Gasteiger partial charge in [-0.1, -0.05) is 66.7 Å². The molecule has 5 aromatic carbocycles. The van der Waals surface area contributed by atoms with Crippen LogP contribution >= 0.6 is 0 Å². The smallest absolute Gasteiger partial charge is 0.0548 e. The van der Waals surface area contributed by atoms with Gasteiger partial charge < -0.3 is 9.13 Å². The molecule has 146 valence electrons. The van der Waals surface area contributed by atoms with Crippen LogP contribution in [0.15, 0.2) is 103 Å². The molecule has 2 aromatic heterocycles. The number of rotatable bonds is 1. The van der Waals surface area contributed by atoms with Gasteiger partial charge in [-0.05, 0) is 47.2 Å². The van der Waals surface area contributed by atoms with Crippen molar-refractivity contribution in [3.8, 4) is 5.69 Å². The molecule has 0 bridgehead atoms. The Morgan fingerprint density at radius 3 is 2.06 bits per heavy atom. The van der Waals surface area contributed by atoms with Crippen molar-refractivity contribution in [2.75, 3.05) is 0 Å². The lowest BCUT2D eigenvalue weighted by Crippen LogP contribution is -1.93. The van der Waals surface area contributed by atoms with E-state index in [0.717, 1.165) is 0 Å². The molecule has 0 saturated heterocycles. The average Bonchev–Trinajstić information content (AvgIpc) is 3.30. The summed E-state index contributed by atoms with van der Waals surface area (Å²) in [5, 5.41) is 7.82. The van der Waals surface area contributed by atoms with Gasteiger partial charge in [0.15, 0.2) is 0 Å². The average molecular weight is 396 g/mol. The maximum Gasteiger partial charge on any atom is 0.0548 e. The van der Waals surface area contributed by atoms with Gasteiger partial charge in [-0.2, -0.15) is 0 Å². The van der Waals surface area contributed by atoms with Gasteiger partial charge in [0.2, 0.25) is 0 Å². The second-order valence-electron chi connectivity index (χ2n) is 8.31. The summed E-state index contributed by atoms with van der Waals surface area (Å²) >= 11 is 0. The Balaban J connectivity index is 1.75. The summed E-state index contributed by atoms with van der Waals surface area (Å²) in [5.41, 5.74) is 6.23. The molecule has 0 fully saturated rings. The Morgan fingerprint density at radius 1 is 0.484 bits per heavy atom. The van der Waals surface area contributed by atoms with Crippen LogP contribution in [0.4, 0.5) is 0 Å². The van der Waals surface area contributed by atoms with E-state index < -0.39 is 0 Å². The first-order chi connectivity index (χ1) is 15.3. The molecule has 7 rings (SSSR count). The molecule has 0 unspecified atom stereocenters. The second-order valence-corrected chi connectivity index (χ2v) is 8.31. The highest BCUT2D eigenvalue weighted by molar-refractivity contribution is 6.24. The third-order valence-electron chi connectivity index (χ3n) is 6.70. The molecule has 2 heteroatoms. The summed E-state index contributed by atoms with van der Waals surface area (Å²) in [6, 6.07) is 37.4. The molecule has 0 atom stereocenters. The maximum absolute atomic E-state index is 2.40. The van der Waals surface area contributed by atoms with Gasteiger partial charge in [0, 0.05) is 45.3 Å². The standard InChI is InChI=1S/C29H20N2/c1-30-26-16-15-19-9-5-6-12-21(19)29(26)24-18-28-23(17-27(24)30)22-13-7-8-14-25(22)31(28)20-10-3-2-4-11-20/h2-18H,1H3. The van der Waals surface area contributed by atoms with E-state index in [2.05, 4.69) is 119 Å². The molecule has 0 aliphatic heterocycles. The van der Waals surface area contributed by atoms with Crippen LogP contribution in [0.25, 0.3) is 60.1 Å². The Bertz CT molecular complexity index is 1780. The molecule has 0 aliphatic rings. The normalized spacial score (nSPS) is 12.0. The molecule has 0 radical (unpaired) electrons. The molecule has 2 nitrogen and oxygen atoms in total. The second kappa shape index (κ2) is 5.99. The molecule has 0 aliphatic carbocycles. The van der Waals surface area contributed by atoms with Crippen molar-refractivity contribution in [3.63, 3.8) is 0 Å². The highest BCUT2D eigenvalue weighted by atomic mass is 15.0. The van der Waals surface area contributed by atoms with E-state index in [9.17, 15) is 0 Å². The quantitative estimate of drug-likeness (QED) is 0.271. The Labute approximate surface area is 179 Å². The summed E-state index contributed by atoms with van der Waals surface area (Å²) in [6.45, 7) is 0. The molecular formula is C29H20N2. The first-order valence-electron chi connectivity index (χ1n) is 10.7. The molecule has 0 amide bonds. The third-order valence-corrected chi connectivity index (χ3v) is 6.70. The van der Waals surface area contributed by atoms with E-state index in [1.54, 1.807) is 0 Å². The first-order valence-corrected chi connectivity index (χ1v) is 10.7. The fraction of sp³-hybridized carbons (Fsp3) is 0.0345. The Kier molecular flexibility index (Phi) is 3.23. The van der Waals surface area contributed by atoms with Crippen molar-refractivity contribution < 1.29 is 0 Å². The van der Waals surface area contributed by atoms with E-state index in [4.69, 9.17) is 0 Å². The third kappa shape index (κ3) is 2.17.